The molecule has 0 aliphatic heterocycles. The molecule has 0 saturated heterocycles. The van der Waals surface area contributed by atoms with Crippen LogP contribution in [0.2, 0.25) is 0 Å². The van der Waals surface area contributed by atoms with Crippen molar-refractivity contribution in [3.63, 3.8) is 0 Å². The molecule has 5 rings (SSSR count). The van der Waals surface area contributed by atoms with Gasteiger partial charge in [0.25, 0.3) is 11.8 Å². The fraction of sp³-hybridized carbons (Fsp3) is 0.192. The molecule has 39 heavy (non-hydrogen) atoms. The van der Waals surface area contributed by atoms with Crippen LogP contribution in [0.25, 0.3) is 5.82 Å². The summed E-state index contributed by atoms with van der Waals surface area (Å²) in [5.41, 5.74) is 6.07. The van der Waals surface area contributed by atoms with Crippen LogP contribution in [0.4, 0.5) is 36.2 Å². The van der Waals surface area contributed by atoms with E-state index in [0.29, 0.717) is 34.9 Å². The van der Waals surface area contributed by atoms with Crippen molar-refractivity contribution in [1.29, 1.82) is 0 Å². The van der Waals surface area contributed by atoms with Crippen LogP contribution in [0.5, 0.6) is 0 Å². The summed E-state index contributed by atoms with van der Waals surface area (Å²) >= 11 is 0. The van der Waals surface area contributed by atoms with E-state index in [2.05, 4.69) is 31.0 Å². The Morgan fingerprint density at radius 3 is 2.56 bits per heavy atom. The highest BCUT2D eigenvalue weighted by atomic mass is 19.4. The number of anilines is 4. The van der Waals surface area contributed by atoms with E-state index in [9.17, 15) is 22.8 Å². The summed E-state index contributed by atoms with van der Waals surface area (Å²) in [6.45, 7) is 1.82. The van der Waals surface area contributed by atoms with Gasteiger partial charge in [0.2, 0.25) is 0 Å². The number of carbonyl (C=O) groups is 2. The molecule has 0 atom stereocenters. The Morgan fingerprint density at radius 1 is 1.05 bits per heavy atom. The van der Waals surface area contributed by atoms with Crippen LogP contribution in [-0.4, -0.2) is 37.6 Å². The number of hydrogen-bond acceptors (Lipinski definition) is 7. The molecule has 0 unspecified atom stereocenters. The number of benzene rings is 2. The van der Waals surface area contributed by atoms with E-state index >= 15 is 0 Å². The zero-order chi connectivity index (χ0) is 27.7. The number of nitrogens with one attached hydrogen (secondary N) is 3. The zero-order valence-electron chi connectivity index (χ0n) is 20.6. The fourth-order valence-corrected chi connectivity index (χ4v) is 3.76. The monoisotopic (exact) mass is 536 g/mol. The number of carbonyl (C=O) groups excluding carboxylic acids is 2. The Hall–Kier alpha value is -4.94. The Balaban J connectivity index is 1.41. The van der Waals surface area contributed by atoms with Gasteiger partial charge in [0.05, 0.1) is 5.56 Å². The Morgan fingerprint density at radius 2 is 1.85 bits per heavy atom. The maximum atomic E-state index is 13.1. The molecule has 0 bridgehead atoms. The van der Waals surface area contributed by atoms with Crippen LogP contribution in [0.15, 0.2) is 60.9 Å². The molecule has 5 N–H and O–H groups in total. The van der Waals surface area contributed by atoms with Crippen molar-refractivity contribution in [2.24, 2.45) is 5.73 Å². The topological polar surface area (TPSA) is 140 Å². The molecule has 200 valence electrons. The Kier molecular flexibility index (Phi) is 6.64. The lowest BCUT2D eigenvalue weighted by atomic mass is 10.1. The van der Waals surface area contributed by atoms with Gasteiger partial charge in [-0.05, 0) is 55.7 Å². The largest absolute Gasteiger partial charge is 0.416 e. The van der Waals surface area contributed by atoms with Crippen LogP contribution < -0.4 is 21.7 Å². The van der Waals surface area contributed by atoms with Gasteiger partial charge in [-0.15, -0.1) is 0 Å². The first-order valence-electron chi connectivity index (χ1n) is 11.9. The smallest absolute Gasteiger partial charge is 0.367 e. The number of nitrogens with zero attached hydrogens (tertiary/aromatic N) is 4. The molecule has 1 aliphatic carbocycles. The Labute approximate surface area is 220 Å². The van der Waals surface area contributed by atoms with Crippen molar-refractivity contribution in [3.05, 3.63) is 83.3 Å². The van der Waals surface area contributed by atoms with Gasteiger partial charge < -0.3 is 21.7 Å². The molecule has 2 aromatic carbocycles. The minimum atomic E-state index is -4.57. The van der Waals surface area contributed by atoms with Crippen LogP contribution in [0.3, 0.4) is 0 Å². The number of primary amides is 1. The van der Waals surface area contributed by atoms with Crippen molar-refractivity contribution in [3.8, 4) is 5.82 Å². The molecule has 4 aromatic rings. The van der Waals surface area contributed by atoms with Gasteiger partial charge in [0.15, 0.2) is 11.5 Å². The molecule has 0 radical (unpaired) electrons. The number of amides is 2. The van der Waals surface area contributed by atoms with Gasteiger partial charge in [-0.1, -0.05) is 12.1 Å². The third-order valence-electron chi connectivity index (χ3n) is 5.97. The van der Waals surface area contributed by atoms with Crippen molar-refractivity contribution in [2.45, 2.75) is 32.0 Å². The second-order valence-corrected chi connectivity index (χ2v) is 9.06. The molecule has 0 spiro atoms. The molecule has 2 amide bonds. The second-order valence-electron chi connectivity index (χ2n) is 9.06. The first kappa shape index (κ1) is 25.7. The van der Waals surface area contributed by atoms with E-state index in [-0.39, 0.29) is 11.3 Å². The summed E-state index contributed by atoms with van der Waals surface area (Å²) in [5.74, 6) is -0.0752. The quantitative estimate of drug-likeness (QED) is 0.257. The van der Waals surface area contributed by atoms with Gasteiger partial charge >= 0.3 is 6.18 Å². The second kappa shape index (κ2) is 10.1. The molecule has 13 heteroatoms. The molecule has 1 fully saturated rings. The highest BCUT2D eigenvalue weighted by Crippen LogP contribution is 2.31. The van der Waals surface area contributed by atoms with Crippen LogP contribution >= 0.6 is 0 Å². The number of aromatic nitrogens is 4. The van der Waals surface area contributed by atoms with Gasteiger partial charge in [0.1, 0.15) is 18.0 Å². The predicted octanol–water partition coefficient (Wildman–Crippen LogP) is 4.66. The lowest BCUT2D eigenvalue weighted by Crippen LogP contribution is -2.14. The lowest BCUT2D eigenvalue weighted by molar-refractivity contribution is -0.137. The van der Waals surface area contributed by atoms with Crippen molar-refractivity contribution < 1.29 is 22.8 Å². The molecule has 2 aromatic heterocycles. The Bertz CT molecular complexity index is 1560. The summed E-state index contributed by atoms with van der Waals surface area (Å²) < 4.78 is 40.6. The molecular formula is C26H23F3N8O2. The highest BCUT2D eigenvalue weighted by molar-refractivity contribution is 6.04. The number of hydrogen-bond donors (Lipinski definition) is 4. The maximum absolute atomic E-state index is 13.1. The maximum Gasteiger partial charge on any atom is 0.416 e. The highest BCUT2D eigenvalue weighted by Gasteiger charge is 2.31. The average molecular weight is 537 g/mol. The SMILES string of the molecule is Cc1ccc(NC(=O)c2cccc(C(F)(F)F)c2)cc1Nc1cc(C(N)=O)nn1-c1cc(NC2CC2)ncn1. The van der Waals surface area contributed by atoms with E-state index in [1.165, 1.54) is 29.2 Å². The molecule has 2 heterocycles. The minimum Gasteiger partial charge on any atom is -0.367 e. The lowest BCUT2D eigenvalue weighted by Gasteiger charge is -2.14. The first-order valence-corrected chi connectivity index (χ1v) is 11.9. The van der Waals surface area contributed by atoms with E-state index in [0.717, 1.165) is 30.5 Å². The van der Waals surface area contributed by atoms with E-state index in [1.807, 2.05) is 6.92 Å². The summed E-state index contributed by atoms with van der Waals surface area (Å²) in [5, 5.41) is 13.4. The van der Waals surface area contributed by atoms with Crippen molar-refractivity contribution >= 4 is 34.8 Å². The molecule has 1 aliphatic rings. The summed E-state index contributed by atoms with van der Waals surface area (Å²) in [6.07, 6.45) is -1.08. The van der Waals surface area contributed by atoms with Crippen LogP contribution in [0, 0.1) is 6.92 Å². The van der Waals surface area contributed by atoms with Gasteiger partial charge in [-0.3, -0.25) is 9.59 Å². The number of alkyl halides is 3. The number of nitrogens with two attached hydrogens (primary N) is 1. The number of rotatable bonds is 8. The minimum absolute atomic E-state index is 0.000490. The zero-order valence-corrected chi connectivity index (χ0v) is 20.6. The van der Waals surface area contributed by atoms with Crippen molar-refractivity contribution in [1.82, 2.24) is 19.7 Å². The summed E-state index contributed by atoms with van der Waals surface area (Å²) in [6, 6.07) is 12.7. The predicted molar refractivity (Wildman–Crippen MR) is 138 cm³/mol. The van der Waals surface area contributed by atoms with E-state index in [1.54, 1.807) is 24.3 Å². The first-order chi connectivity index (χ1) is 18.6. The van der Waals surface area contributed by atoms with E-state index < -0.39 is 23.6 Å². The van der Waals surface area contributed by atoms with Crippen LogP contribution in [-0.2, 0) is 6.18 Å². The van der Waals surface area contributed by atoms with Crippen molar-refractivity contribution in [2.75, 3.05) is 16.0 Å². The summed E-state index contributed by atoms with van der Waals surface area (Å²) in [4.78, 5) is 33.1. The average Bonchev–Trinajstić information content (AvgIpc) is 3.61. The van der Waals surface area contributed by atoms with Crippen LogP contribution in [0.1, 0.15) is 44.8 Å². The number of halogens is 3. The normalized spacial score (nSPS) is 13.1. The van der Waals surface area contributed by atoms with Gasteiger partial charge in [-0.2, -0.15) is 23.0 Å². The fourth-order valence-electron chi connectivity index (χ4n) is 3.76. The number of aryl methyl sites for hydroxylation is 1. The van der Waals surface area contributed by atoms with Gasteiger partial charge in [-0.25, -0.2) is 9.97 Å². The molecule has 10 nitrogen and oxygen atoms in total. The third-order valence-corrected chi connectivity index (χ3v) is 5.97. The molecular weight excluding hydrogens is 513 g/mol. The summed E-state index contributed by atoms with van der Waals surface area (Å²) in [7, 11) is 0. The standard InChI is InChI=1S/C26H23F3N8O2/c1-14-5-6-18(34-25(39)15-3-2-4-16(9-15)26(27,28)29)10-19(14)35-23-11-20(24(30)38)36-37(23)22-12-21(31-13-32-22)33-17-7-8-17/h2-6,9-13,17,35H,7-8H2,1H3,(H2,30,38)(H,34,39)(H,31,32,33). The van der Waals surface area contributed by atoms with E-state index in [4.69, 9.17) is 5.73 Å². The van der Waals surface area contributed by atoms with Gasteiger partial charge in [0, 0.05) is 35.1 Å². The third kappa shape index (κ3) is 5.98. The molecule has 1 saturated carbocycles.